The molecule has 2 aliphatic rings. The number of anilines is 6. The maximum Gasteiger partial charge on any atom is 0.0714 e. The van der Waals surface area contributed by atoms with Crippen molar-refractivity contribution >= 4 is 119 Å². The van der Waals surface area contributed by atoms with E-state index in [1.165, 1.54) is 151 Å². The highest BCUT2D eigenvalue weighted by molar-refractivity contribution is 7.26. The van der Waals surface area contributed by atoms with Gasteiger partial charge in [-0.25, -0.2) is 0 Å². The highest BCUT2D eigenvalue weighted by Crippen LogP contribution is 2.61. The Bertz CT molecular complexity index is 7830. The molecule has 0 saturated heterocycles. The molecule has 0 fully saturated rings. The lowest BCUT2D eigenvalue weighted by Gasteiger charge is -2.35. The van der Waals surface area contributed by atoms with Crippen LogP contribution in [0.5, 0.6) is 0 Å². The summed E-state index contributed by atoms with van der Waals surface area (Å²) in [4.78, 5) is 5.00. The van der Waals surface area contributed by atoms with Crippen molar-refractivity contribution in [2.45, 2.75) is 10.8 Å². The predicted octanol–water partition coefficient (Wildman–Crippen LogP) is 32.7. The van der Waals surface area contributed by atoms with Crippen molar-refractivity contribution in [2.24, 2.45) is 0 Å². The van der Waals surface area contributed by atoms with Crippen molar-refractivity contribution < 1.29 is 0 Å². The molecule has 2 aliphatic carbocycles. The molecule has 0 bridgehead atoms. The van der Waals surface area contributed by atoms with Crippen molar-refractivity contribution in [2.75, 3.05) is 9.80 Å². The highest BCUT2D eigenvalue weighted by atomic mass is 32.1. The van der Waals surface area contributed by atoms with Gasteiger partial charge < -0.3 is 9.80 Å². The normalized spacial score (nSPS) is 12.9. The fourth-order valence-corrected chi connectivity index (χ4v) is 22.9. The Morgan fingerprint density at radius 1 is 0.164 bits per heavy atom. The first-order valence-electron chi connectivity index (χ1n) is 42.1. The first-order valence-corrected chi connectivity index (χ1v) is 43.7. The second-order valence-corrected chi connectivity index (χ2v) is 34.6. The molecule has 24 rings (SSSR count). The van der Waals surface area contributed by atoms with E-state index < -0.39 is 10.8 Å². The third kappa shape index (κ3) is 11.3. The molecular weight excluding hydrogens is 1510 g/mol. The maximum absolute atomic E-state index is 2.52. The second-order valence-electron chi connectivity index (χ2n) is 32.4. The molecular formula is C118H76N2S2. The number of fused-ring (bicyclic) bond motifs is 14. The van der Waals surface area contributed by atoms with Crippen LogP contribution in [0.4, 0.5) is 34.1 Å². The molecule has 570 valence electrons. The summed E-state index contributed by atoms with van der Waals surface area (Å²) in [5.41, 5.74) is 31.6. The van der Waals surface area contributed by atoms with Gasteiger partial charge in [-0.2, -0.15) is 0 Å². The van der Waals surface area contributed by atoms with E-state index in [1.54, 1.807) is 0 Å². The van der Waals surface area contributed by atoms with Gasteiger partial charge in [-0.05, 0) is 253 Å². The van der Waals surface area contributed by atoms with Gasteiger partial charge in [0.05, 0.1) is 10.8 Å². The SMILES string of the molecule is c1ccc(C2(c3ccccc3)c3ccccc3-c3ccc(N(c4cccc(-c5ccc(-c6ccc7c(c6)-c6ccc(N(c8cccc(-c9ccc%10sc%11ccccc%11c%10c9)c8)c8cccc(-c9cccc%10ccccc9%10)c8)cc6C7(c6ccccc6)c6ccccc6)c6ccccc56)c4)c4cccc(-c5cccc6sc7ccccc7c56)c4)cc32)cc1. The number of hydrogen-bond donors (Lipinski definition) is 0. The Balaban J connectivity index is 0.662. The summed E-state index contributed by atoms with van der Waals surface area (Å²) in [5.74, 6) is 0. The Labute approximate surface area is 717 Å². The summed E-state index contributed by atoms with van der Waals surface area (Å²) in [6.07, 6.45) is 0. The largest absolute Gasteiger partial charge is 0.310 e. The summed E-state index contributed by atoms with van der Waals surface area (Å²) in [5, 5.41) is 9.96. The summed E-state index contributed by atoms with van der Waals surface area (Å²) in [7, 11) is 0. The van der Waals surface area contributed by atoms with Gasteiger partial charge in [0, 0.05) is 74.5 Å². The quantitative estimate of drug-likeness (QED) is 0.101. The third-order valence-electron chi connectivity index (χ3n) is 26.0. The van der Waals surface area contributed by atoms with E-state index in [0.717, 1.165) is 67.5 Å². The van der Waals surface area contributed by atoms with Crippen molar-refractivity contribution in [3.05, 3.63) is 506 Å². The van der Waals surface area contributed by atoms with Crippen molar-refractivity contribution in [1.82, 2.24) is 0 Å². The van der Waals surface area contributed by atoms with Crippen LogP contribution < -0.4 is 9.80 Å². The van der Waals surface area contributed by atoms with Crippen LogP contribution in [0, 0.1) is 0 Å². The number of thiophene rings is 2. The molecule has 2 nitrogen and oxygen atoms in total. The van der Waals surface area contributed by atoms with Gasteiger partial charge in [-0.15, -0.1) is 22.7 Å². The van der Waals surface area contributed by atoms with Crippen LogP contribution in [0.15, 0.2) is 461 Å². The lowest BCUT2D eigenvalue weighted by Crippen LogP contribution is -2.28. The Hall–Kier alpha value is -15.0. The van der Waals surface area contributed by atoms with Gasteiger partial charge in [0.1, 0.15) is 0 Å². The molecule has 4 heteroatoms. The summed E-state index contributed by atoms with van der Waals surface area (Å²) in [6.45, 7) is 0. The van der Waals surface area contributed by atoms with Gasteiger partial charge in [0.25, 0.3) is 0 Å². The third-order valence-corrected chi connectivity index (χ3v) is 28.3. The van der Waals surface area contributed by atoms with E-state index in [0.29, 0.717) is 0 Å². The molecule has 2 aromatic heterocycles. The number of hydrogen-bond acceptors (Lipinski definition) is 4. The van der Waals surface area contributed by atoms with E-state index in [1.807, 2.05) is 22.7 Å². The summed E-state index contributed by atoms with van der Waals surface area (Å²) >= 11 is 3.72. The molecule has 0 amide bonds. The highest BCUT2D eigenvalue weighted by Gasteiger charge is 2.48. The van der Waals surface area contributed by atoms with Crippen LogP contribution in [0.25, 0.3) is 140 Å². The molecule has 2 heterocycles. The first kappa shape index (κ1) is 71.1. The zero-order valence-corrected chi connectivity index (χ0v) is 68.2. The first-order chi connectivity index (χ1) is 60.5. The van der Waals surface area contributed by atoms with E-state index in [9.17, 15) is 0 Å². The molecule has 0 unspecified atom stereocenters. The van der Waals surface area contributed by atoms with Crippen molar-refractivity contribution in [1.29, 1.82) is 0 Å². The Kier molecular flexibility index (Phi) is 16.8. The second kappa shape index (κ2) is 28.9. The molecule has 0 spiro atoms. The molecule has 0 radical (unpaired) electrons. The lowest BCUT2D eigenvalue weighted by molar-refractivity contribution is 0.768. The average Bonchev–Trinajstić information content (AvgIpc) is 1.54. The van der Waals surface area contributed by atoms with Crippen molar-refractivity contribution in [3.8, 4) is 77.9 Å². The zero-order chi connectivity index (χ0) is 80.4. The van der Waals surface area contributed by atoms with Crippen LogP contribution in [0.3, 0.4) is 0 Å². The van der Waals surface area contributed by atoms with Gasteiger partial charge in [-0.3, -0.25) is 0 Å². The van der Waals surface area contributed by atoms with Crippen LogP contribution >= 0.6 is 22.7 Å². The molecule has 22 aromatic rings. The van der Waals surface area contributed by atoms with Crippen LogP contribution in [-0.4, -0.2) is 0 Å². The van der Waals surface area contributed by atoms with E-state index in [-0.39, 0.29) is 0 Å². The summed E-state index contributed by atoms with van der Waals surface area (Å²) in [6, 6.07) is 173. The minimum atomic E-state index is -0.713. The van der Waals surface area contributed by atoms with Gasteiger partial charge >= 0.3 is 0 Å². The number of nitrogens with zero attached hydrogens (tertiary/aromatic N) is 2. The molecule has 0 saturated carbocycles. The Morgan fingerprint density at radius 3 is 1.09 bits per heavy atom. The van der Waals surface area contributed by atoms with Crippen molar-refractivity contribution in [3.63, 3.8) is 0 Å². The van der Waals surface area contributed by atoms with Crippen LogP contribution in [-0.2, 0) is 10.8 Å². The van der Waals surface area contributed by atoms with Gasteiger partial charge in [0.2, 0.25) is 0 Å². The average molecular weight is 1590 g/mol. The van der Waals surface area contributed by atoms with E-state index in [4.69, 9.17) is 0 Å². The van der Waals surface area contributed by atoms with Crippen LogP contribution in [0.2, 0.25) is 0 Å². The maximum atomic E-state index is 2.52. The molecule has 0 N–H and O–H groups in total. The monoisotopic (exact) mass is 1580 g/mol. The molecule has 122 heavy (non-hydrogen) atoms. The van der Waals surface area contributed by atoms with Gasteiger partial charge in [0.15, 0.2) is 0 Å². The lowest BCUT2D eigenvalue weighted by atomic mass is 9.67. The van der Waals surface area contributed by atoms with Gasteiger partial charge in [-0.1, -0.05) is 352 Å². The van der Waals surface area contributed by atoms with E-state index >= 15 is 0 Å². The molecule has 20 aromatic carbocycles. The number of benzene rings is 20. The topological polar surface area (TPSA) is 6.48 Å². The zero-order valence-electron chi connectivity index (χ0n) is 66.6. The van der Waals surface area contributed by atoms with Crippen LogP contribution in [0.1, 0.15) is 44.5 Å². The smallest absolute Gasteiger partial charge is 0.0714 e. The molecule has 0 aliphatic heterocycles. The van der Waals surface area contributed by atoms with E-state index in [2.05, 4.69) is 471 Å². The summed E-state index contributed by atoms with van der Waals surface area (Å²) < 4.78 is 5.17. The predicted molar refractivity (Wildman–Crippen MR) is 518 cm³/mol. The fourth-order valence-electron chi connectivity index (χ4n) is 20.7. The minimum absolute atomic E-state index is 0.601. The number of rotatable bonds is 15. The minimum Gasteiger partial charge on any atom is -0.310 e. The molecule has 0 atom stereocenters. The Morgan fingerprint density at radius 2 is 0.508 bits per heavy atom. The fraction of sp³-hybridized carbons (Fsp3) is 0.0169. The standard InChI is InChI=1S/C118H76N2S2/c1-5-35-84(36-6-1)117(85-37-7-2-8-38-85)108-55-20-17-50-101(108)102-63-61-92(75-110(102)117)120(91-46-26-34-82(72-91)98-54-28-58-115-116(98)105-52-19-22-57-113(105)122-115)90-45-25-33-81(71-90)96-65-66-97(100-49-16-15-48-99(96)100)83-59-67-109-106(74-83)103-64-62-93(76-111(103)118(109,86-39-9-3-10-40-86)87-41-11-4-12-42-87)119(89-44-24-32-80(70-89)95-53-27-30-77-29-13-14-47-94(77)95)88-43-23-31-78(69-88)79-60-68-114-107(73-79)104-51-18-21-56-112(104)121-114/h1-76H.